The van der Waals surface area contributed by atoms with Gasteiger partial charge in [0.25, 0.3) is 0 Å². The molecular formula is C20H26N2OS. The molecule has 1 aromatic heterocycles. The molecule has 2 fully saturated rings. The van der Waals surface area contributed by atoms with Crippen LogP contribution >= 0.6 is 11.3 Å². The minimum absolute atomic E-state index is 0.209. The third kappa shape index (κ3) is 3.34. The Morgan fingerprint density at radius 3 is 2.79 bits per heavy atom. The Morgan fingerprint density at radius 1 is 1.12 bits per heavy atom. The summed E-state index contributed by atoms with van der Waals surface area (Å²) in [7, 11) is 0. The van der Waals surface area contributed by atoms with Crippen LogP contribution in [0.2, 0.25) is 0 Å². The van der Waals surface area contributed by atoms with Gasteiger partial charge in [0, 0.05) is 13.0 Å². The first kappa shape index (κ1) is 16.1. The van der Waals surface area contributed by atoms with Gasteiger partial charge < -0.3 is 4.90 Å². The highest BCUT2D eigenvalue weighted by Gasteiger charge is 2.32. The van der Waals surface area contributed by atoms with Crippen LogP contribution < -0.4 is 0 Å². The van der Waals surface area contributed by atoms with E-state index in [2.05, 4.69) is 23.1 Å². The molecule has 0 N–H and O–H groups in total. The first-order valence-electron chi connectivity index (χ1n) is 9.46. The van der Waals surface area contributed by atoms with Gasteiger partial charge >= 0.3 is 0 Å². The predicted molar refractivity (Wildman–Crippen MR) is 99.1 cm³/mol. The van der Waals surface area contributed by atoms with Crippen molar-refractivity contribution < 1.29 is 4.79 Å². The van der Waals surface area contributed by atoms with Crippen molar-refractivity contribution in [1.29, 1.82) is 0 Å². The van der Waals surface area contributed by atoms with Crippen LogP contribution in [0.15, 0.2) is 24.3 Å². The lowest BCUT2D eigenvalue weighted by Crippen LogP contribution is -2.30. The molecule has 4 heteroatoms. The van der Waals surface area contributed by atoms with Gasteiger partial charge in [0.05, 0.1) is 16.3 Å². The summed E-state index contributed by atoms with van der Waals surface area (Å²) < 4.78 is 1.23. The van der Waals surface area contributed by atoms with Crippen molar-refractivity contribution in [2.75, 3.05) is 6.54 Å². The molecule has 2 aromatic rings. The fourth-order valence-corrected chi connectivity index (χ4v) is 5.42. The van der Waals surface area contributed by atoms with Crippen molar-refractivity contribution in [3.63, 3.8) is 0 Å². The number of hydrogen-bond acceptors (Lipinski definition) is 3. The third-order valence-corrected chi connectivity index (χ3v) is 6.80. The number of carbonyl (C=O) groups is 1. The smallest absolute Gasteiger partial charge is 0.223 e. The van der Waals surface area contributed by atoms with E-state index in [0.717, 1.165) is 48.7 Å². The molecule has 1 saturated carbocycles. The molecule has 3 nitrogen and oxygen atoms in total. The van der Waals surface area contributed by atoms with Crippen LogP contribution in [0.4, 0.5) is 0 Å². The second-order valence-electron chi connectivity index (χ2n) is 7.31. The third-order valence-electron chi connectivity index (χ3n) is 5.66. The number of benzene rings is 1. The normalized spacial score (nSPS) is 22.3. The van der Waals surface area contributed by atoms with E-state index < -0.39 is 0 Å². The molecule has 1 amide bonds. The maximum atomic E-state index is 12.8. The number of thiazole rings is 1. The van der Waals surface area contributed by atoms with Crippen molar-refractivity contribution in [3.8, 4) is 0 Å². The molecule has 128 valence electrons. The maximum absolute atomic E-state index is 12.8. The zero-order chi connectivity index (χ0) is 16.4. The predicted octanol–water partition coefficient (Wildman–Crippen LogP) is 5.32. The van der Waals surface area contributed by atoms with Gasteiger partial charge in [-0.05, 0) is 37.3 Å². The fraction of sp³-hybridized carbons (Fsp3) is 0.600. The van der Waals surface area contributed by atoms with E-state index in [0.29, 0.717) is 5.91 Å². The number of para-hydroxylation sites is 1. The summed E-state index contributed by atoms with van der Waals surface area (Å²) in [5.74, 6) is 1.13. The van der Waals surface area contributed by atoms with Gasteiger partial charge in [0.2, 0.25) is 5.91 Å². The first-order valence-corrected chi connectivity index (χ1v) is 10.3. The summed E-state index contributed by atoms with van der Waals surface area (Å²) in [6.07, 6.45) is 10.7. The second kappa shape index (κ2) is 7.22. The number of fused-ring (bicyclic) bond motifs is 1. The van der Waals surface area contributed by atoms with Gasteiger partial charge in [-0.15, -0.1) is 11.3 Å². The van der Waals surface area contributed by atoms with Gasteiger partial charge in [-0.25, -0.2) is 4.98 Å². The molecule has 1 aliphatic heterocycles. The Bertz CT molecular complexity index is 671. The highest BCUT2D eigenvalue weighted by atomic mass is 32.1. The highest BCUT2D eigenvalue weighted by Crippen LogP contribution is 2.37. The fourth-order valence-electron chi connectivity index (χ4n) is 4.30. The van der Waals surface area contributed by atoms with Crippen LogP contribution in [0.25, 0.3) is 10.2 Å². The first-order chi connectivity index (χ1) is 11.8. The Labute approximate surface area is 148 Å². The van der Waals surface area contributed by atoms with E-state index in [4.69, 9.17) is 4.98 Å². The number of carbonyl (C=O) groups excluding carboxylic acids is 1. The number of rotatable bonds is 4. The van der Waals surface area contributed by atoms with Crippen molar-refractivity contribution in [2.45, 2.75) is 63.8 Å². The van der Waals surface area contributed by atoms with E-state index in [1.165, 1.54) is 36.8 Å². The minimum atomic E-state index is 0.209. The van der Waals surface area contributed by atoms with Crippen molar-refractivity contribution in [2.24, 2.45) is 5.92 Å². The van der Waals surface area contributed by atoms with Crippen molar-refractivity contribution in [1.82, 2.24) is 9.88 Å². The Balaban J connectivity index is 1.42. The largest absolute Gasteiger partial charge is 0.333 e. The van der Waals surface area contributed by atoms with E-state index in [1.54, 1.807) is 11.3 Å². The Morgan fingerprint density at radius 2 is 1.96 bits per heavy atom. The average molecular weight is 343 g/mol. The number of hydrogen-bond donors (Lipinski definition) is 0. The van der Waals surface area contributed by atoms with Crippen molar-refractivity contribution >= 4 is 27.5 Å². The summed E-state index contributed by atoms with van der Waals surface area (Å²) in [4.78, 5) is 19.7. The van der Waals surface area contributed by atoms with Gasteiger partial charge in [0.1, 0.15) is 5.01 Å². The molecule has 0 radical (unpaired) electrons. The van der Waals surface area contributed by atoms with Crippen LogP contribution in [0.1, 0.15) is 68.8 Å². The van der Waals surface area contributed by atoms with Crippen LogP contribution in [0, 0.1) is 5.92 Å². The molecule has 1 atom stereocenters. The summed E-state index contributed by atoms with van der Waals surface area (Å²) in [5, 5.41) is 1.12. The highest BCUT2D eigenvalue weighted by molar-refractivity contribution is 7.18. The van der Waals surface area contributed by atoms with Gasteiger partial charge in [-0.1, -0.05) is 44.2 Å². The molecular weight excluding hydrogens is 316 g/mol. The average Bonchev–Trinajstić information content (AvgIpc) is 3.26. The summed E-state index contributed by atoms with van der Waals surface area (Å²) in [6.45, 7) is 0.907. The molecule has 0 spiro atoms. The van der Waals surface area contributed by atoms with Gasteiger partial charge in [0.15, 0.2) is 0 Å². The SMILES string of the molecule is O=C(CCC1CCCCC1)N1CCC[C@@H]1c1nc2ccccc2s1. The second-order valence-corrected chi connectivity index (χ2v) is 8.37. The molecule has 1 aromatic carbocycles. The van der Waals surface area contributed by atoms with E-state index in [-0.39, 0.29) is 6.04 Å². The zero-order valence-electron chi connectivity index (χ0n) is 14.2. The lowest BCUT2D eigenvalue weighted by Gasteiger charge is -2.25. The van der Waals surface area contributed by atoms with Crippen LogP contribution in [0.3, 0.4) is 0 Å². The summed E-state index contributed by atoms with van der Waals surface area (Å²) in [6, 6.07) is 8.50. The molecule has 0 bridgehead atoms. The molecule has 2 aliphatic rings. The summed E-state index contributed by atoms with van der Waals surface area (Å²) in [5.41, 5.74) is 1.07. The molecule has 1 aliphatic carbocycles. The van der Waals surface area contributed by atoms with Gasteiger partial charge in [-0.3, -0.25) is 4.79 Å². The van der Waals surface area contributed by atoms with Gasteiger partial charge in [-0.2, -0.15) is 0 Å². The minimum Gasteiger partial charge on any atom is -0.333 e. The van der Waals surface area contributed by atoms with Crippen LogP contribution in [-0.4, -0.2) is 22.3 Å². The Hall–Kier alpha value is -1.42. The number of likely N-dealkylation sites (tertiary alicyclic amines) is 1. The number of aromatic nitrogens is 1. The van der Waals surface area contributed by atoms with Crippen LogP contribution in [0.5, 0.6) is 0 Å². The number of amides is 1. The van der Waals surface area contributed by atoms with Crippen LogP contribution in [-0.2, 0) is 4.79 Å². The summed E-state index contributed by atoms with van der Waals surface area (Å²) >= 11 is 1.76. The quantitative estimate of drug-likeness (QED) is 0.753. The molecule has 1 saturated heterocycles. The lowest BCUT2D eigenvalue weighted by molar-refractivity contribution is -0.132. The molecule has 2 heterocycles. The van der Waals surface area contributed by atoms with E-state index >= 15 is 0 Å². The number of nitrogens with zero attached hydrogens (tertiary/aromatic N) is 2. The topological polar surface area (TPSA) is 33.2 Å². The lowest BCUT2D eigenvalue weighted by atomic mass is 9.86. The van der Waals surface area contributed by atoms with E-state index in [1.807, 2.05) is 6.07 Å². The van der Waals surface area contributed by atoms with Crippen molar-refractivity contribution in [3.05, 3.63) is 29.3 Å². The maximum Gasteiger partial charge on any atom is 0.223 e. The molecule has 24 heavy (non-hydrogen) atoms. The monoisotopic (exact) mass is 342 g/mol. The standard InChI is InChI=1S/C20H26N2OS/c23-19(13-12-15-7-2-1-3-8-15)22-14-6-10-17(22)20-21-16-9-4-5-11-18(16)24-20/h4-5,9,11,15,17H,1-3,6-8,10,12-14H2/t17-/m1/s1. The molecule has 4 rings (SSSR count). The van der Waals surface area contributed by atoms with E-state index in [9.17, 15) is 4.79 Å². The molecule has 0 unspecified atom stereocenters. The Kier molecular flexibility index (Phi) is 4.83. The zero-order valence-corrected chi connectivity index (χ0v) is 15.1.